The van der Waals surface area contributed by atoms with Gasteiger partial charge in [0.2, 0.25) is 0 Å². The summed E-state index contributed by atoms with van der Waals surface area (Å²) in [6.07, 6.45) is 1.70. The lowest BCUT2D eigenvalue weighted by atomic mass is 10.0. The molecule has 11 heavy (non-hydrogen) atoms. The molecule has 64 valence electrons. The summed E-state index contributed by atoms with van der Waals surface area (Å²) in [5.41, 5.74) is 0. The average Bonchev–Trinajstić information content (AvgIpc) is 1.98. The smallest absolute Gasteiger partial charge is 0.103 e. The van der Waals surface area contributed by atoms with Crippen LogP contribution >= 0.6 is 0 Å². The van der Waals surface area contributed by atoms with Gasteiger partial charge in [0.25, 0.3) is 0 Å². The SMILES string of the molecule is C=CCC1CC(O)C(O)CO1. The molecular formula is C8H14O3. The highest BCUT2D eigenvalue weighted by Crippen LogP contribution is 2.16. The van der Waals surface area contributed by atoms with Crippen molar-refractivity contribution >= 4 is 0 Å². The Hall–Kier alpha value is -0.380. The fraction of sp³-hybridized carbons (Fsp3) is 0.750. The van der Waals surface area contributed by atoms with Crippen LogP contribution in [0.25, 0.3) is 0 Å². The minimum absolute atomic E-state index is 0.0332. The summed E-state index contributed by atoms with van der Waals surface area (Å²) in [5, 5.41) is 18.3. The molecule has 1 rings (SSSR count). The molecule has 0 saturated carbocycles. The summed E-state index contributed by atoms with van der Waals surface area (Å²) < 4.78 is 5.22. The molecule has 1 heterocycles. The normalized spacial score (nSPS) is 38.5. The molecule has 1 fully saturated rings. The predicted octanol–water partition coefficient (Wildman–Crippen LogP) is 0.0732. The van der Waals surface area contributed by atoms with Crippen molar-refractivity contribution in [2.45, 2.75) is 31.2 Å². The third-order valence-electron chi connectivity index (χ3n) is 1.88. The maximum absolute atomic E-state index is 9.21. The highest BCUT2D eigenvalue weighted by molar-refractivity contribution is 4.82. The lowest BCUT2D eigenvalue weighted by Gasteiger charge is -2.29. The van der Waals surface area contributed by atoms with Crippen molar-refractivity contribution in [1.29, 1.82) is 0 Å². The van der Waals surface area contributed by atoms with Crippen LogP contribution < -0.4 is 0 Å². The largest absolute Gasteiger partial charge is 0.390 e. The van der Waals surface area contributed by atoms with Crippen LogP contribution in [0.4, 0.5) is 0 Å². The van der Waals surface area contributed by atoms with Gasteiger partial charge in [-0.3, -0.25) is 0 Å². The van der Waals surface area contributed by atoms with Crippen molar-refractivity contribution in [2.24, 2.45) is 0 Å². The highest BCUT2D eigenvalue weighted by Gasteiger charge is 2.27. The van der Waals surface area contributed by atoms with Crippen LogP contribution in [0.3, 0.4) is 0 Å². The Labute approximate surface area is 66.3 Å². The van der Waals surface area contributed by atoms with Crippen LogP contribution in [0.15, 0.2) is 12.7 Å². The Bertz CT molecular complexity index is 135. The second-order valence-electron chi connectivity index (χ2n) is 2.85. The minimum atomic E-state index is -0.712. The third kappa shape index (κ3) is 2.29. The maximum atomic E-state index is 9.21. The molecule has 0 aromatic heterocycles. The van der Waals surface area contributed by atoms with Crippen molar-refractivity contribution in [2.75, 3.05) is 6.61 Å². The van der Waals surface area contributed by atoms with Crippen LogP contribution in [0.2, 0.25) is 0 Å². The third-order valence-corrected chi connectivity index (χ3v) is 1.88. The first-order valence-electron chi connectivity index (χ1n) is 3.82. The molecule has 0 spiro atoms. The van der Waals surface area contributed by atoms with E-state index in [2.05, 4.69) is 6.58 Å². The van der Waals surface area contributed by atoms with Crippen molar-refractivity contribution < 1.29 is 14.9 Å². The molecule has 3 unspecified atom stereocenters. The van der Waals surface area contributed by atoms with E-state index in [-0.39, 0.29) is 12.7 Å². The zero-order valence-corrected chi connectivity index (χ0v) is 6.44. The summed E-state index contributed by atoms with van der Waals surface area (Å²) >= 11 is 0. The van der Waals surface area contributed by atoms with Gasteiger partial charge < -0.3 is 14.9 Å². The number of aliphatic hydroxyl groups is 2. The maximum Gasteiger partial charge on any atom is 0.103 e. The van der Waals surface area contributed by atoms with E-state index in [1.807, 2.05) is 0 Å². The lowest BCUT2D eigenvalue weighted by molar-refractivity contribution is -0.119. The lowest BCUT2D eigenvalue weighted by Crippen LogP contribution is -2.40. The number of rotatable bonds is 2. The topological polar surface area (TPSA) is 49.7 Å². The van der Waals surface area contributed by atoms with Gasteiger partial charge in [-0.25, -0.2) is 0 Å². The van der Waals surface area contributed by atoms with Gasteiger partial charge in [0, 0.05) is 6.42 Å². The van der Waals surface area contributed by atoms with Gasteiger partial charge in [0.15, 0.2) is 0 Å². The number of aliphatic hydroxyl groups excluding tert-OH is 2. The molecule has 0 radical (unpaired) electrons. The van der Waals surface area contributed by atoms with E-state index in [1.54, 1.807) is 6.08 Å². The molecule has 0 amide bonds. The first-order chi connectivity index (χ1) is 5.24. The molecule has 0 bridgehead atoms. The number of hydrogen-bond acceptors (Lipinski definition) is 3. The first kappa shape index (κ1) is 8.71. The van der Waals surface area contributed by atoms with E-state index in [9.17, 15) is 5.11 Å². The van der Waals surface area contributed by atoms with E-state index in [1.165, 1.54) is 0 Å². The van der Waals surface area contributed by atoms with E-state index in [0.29, 0.717) is 6.42 Å². The van der Waals surface area contributed by atoms with E-state index in [0.717, 1.165) is 6.42 Å². The van der Waals surface area contributed by atoms with Gasteiger partial charge in [-0.15, -0.1) is 6.58 Å². The van der Waals surface area contributed by atoms with Gasteiger partial charge in [-0.1, -0.05) is 6.08 Å². The Kier molecular flexibility index (Phi) is 3.05. The molecule has 1 aliphatic rings. The van der Waals surface area contributed by atoms with Crippen LogP contribution in [0.5, 0.6) is 0 Å². The molecule has 1 aliphatic heterocycles. The molecule has 0 aromatic carbocycles. The number of hydrogen-bond donors (Lipinski definition) is 2. The van der Waals surface area contributed by atoms with E-state index < -0.39 is 12.2 Å². The van der Waals surface area contributed by atoms with Crippen LogP contribution in [-0.2, 0) is 4.74 Å². The molecule has 2 N–H and O–H groups in total. The summed E-state index contributed by atoms with van der Waals surface area (Å²) in [6.45, 7) is 3.81. The zero-order valence-electron chi connectivity index (χ0n) is 6.44. The summed E-state index contributed by atoms with van der Waals surface area (Å²) in [4.78, 5) is 0. The monoisotopic (exact) mass is 158 g/mol. The zero-order chi connectivity index (χ0) is 8.27. The van der Waals surface area contributed by atoms with Gasteiger partial charge in [0.1, 0.15) is 6.10 Å². The second kappa shape index (κ2) is 3.85. The average molecular weight is 158 g/mol. The summed E-state index contributed by atoms with van der Waals surface area (Å²) in [6, 6.07) is 0. The molecule has 3 atom stereocenters. The molecule has 3 heteroatoms. The Morgan fingerprint density at radius 1 is 1.45 bits per heavy atom. The van der Waals surface area contributed by atoms with Gasteiger partial charge in [0.05, 0.1) is 18.8 Å². The van der Waals surface area contributed by atoms with Gasteiger partial charge in [-0.05, 0) is 6.42 Å². The van der Waals surface area contributed by atoms with E-state index >= 15 is 0 Å². The van der Waals surface area contributed by atoms with Gasteiger partial charge in [-0.2, -0.15) is 0 Å². The highest BCUT2D eigenvalue weighted by atomic mass is 16.5. The fourth-order valence-corrected chi connectivity index (χ4v) is 1.19. The Morgan fingerprint density at radius 3 is 2.73 bits per heavy atom. The summed E-state index contributed by atoms with van der Waals surface area (Å²) in [5.74, 6) is 0. The van der Waals surface area contributed by atoms with Crippen molar-refractivity contribution in [1.82, 2.24) is 0 Å². The quantitative estimate of drug-likeness (QED) is 0.559. The van der Waals surface area contributed by atoms with Crippen LogP contribution in [0, 0.1) is 0 Å². The summed E-state index contributed by atoms with van der Waals surface area (Å²) in [7, 11) is 0. The predicted molar refractivity (Wildman–Crippen MR) is 41.2 cm³/mol. The fourth-order valence-electron chi connectivity index (χ4n) is 1.19. The van der Waals surface area contributed by atoms with E-state index in [4.69, 9.17) is 9.84 Å². The van der Waals surface area contributed by atoms with Crippen LogP contribution in [-0.4, -0.2) is 35.1 Å². The molecule has 1 saturated heterocycles. The number of ether oxygens (including phenoxy) is 1. The van der Waals surface area contributed by atoms with Gasteiger partial charge >= 0.3 is 0 Å². The first-order valence-corrected chi connectivity index (χ1v) is 3.82. The van der Waals surface area contributed by atoms with Crippen molar-refractivity contribution in [3.05, 3.63) is 12.7 Å². The molecule has 0 aromatic rings. The Morgan fingerprint density at radius 2 is 2.18 bits per heavy atom. The molecular weight excluding hydrogens is 144 g/mol. The molecule has 3 nitrogen and oxygen atoms in total. The minimum Gasteiger partial charge on any atom is -0.390 e. The Balaban J connectivity index is 2.33. The molecule has 0 aliphatic carbocycles. The van der Waals surface area contributed by atoms with Crippen LogP contribution in [0.1, 0.15) is 12.8 Å². The standard InChI is InChI=1S/C8H14O3/c1-2-3-6-4-7(9)8(10)5-11-6/h2,6-10H,1,3-5H2. The van der Waals surface area contributed by atoms with Crippen molar-refractivity contribution in [3.8, 4) is 0 Å². The second-order valence-corrected chi connectivity index (χ2v) is 2.85. The van der Waals surface area contributed by atoms with Crippen molar-refractivity contribution in [3.63, 3.8) is 0 Å².